The average molecular weight is 332 g/mol. The number of aliphatic hydroxyl groups excluding tert-OH is 1. The largest absolute Gasteiger partial charge is 0.395 e. The van der Waals surface area contributed by atoms with Crippen molar-refractivity contribution < 1.29 is 27.0 Å². The van der Waals surface area contributed by atoms with E-state index in [1.165, 1.54) is 7.11 Å². The molecular weight excluding hydrogens is 318 g/mol. The van der Waals surface area contributed by atoms with Crippen LogP contribution in [-0.4, -0.2) is 50.2 Å². The summed E-state index contributed by atoms with van der Waals surface area (Å²) in [6.45, 7) is -0.596. The van der Waals surface area contributed by atoms with E-state index in [1.807, 2.05) is 0 Å². The highest BCUT2D eigenvalue weighted by Crippen LogP contribution is 2.30. The van der Waals surface area contributed by atoms with E-state index < -0.39 is 45.3 Å². The zero-order valence-corrected chi connectivity index (χ0v) is 12.5. The van der Waals surface area contributed by atoms with Crippen LogP contribution in [0.25, 0.3) is 0 Å². The number of nitrogens with zero attached hydrogens (tertiary/aromatic N) is 2. The van der Waals surface area contributed by atoms with Gasteiger partial charge < -0.3 is 9.84 Å². The van der Waals surface area contributed by atoms with Gasteiger partial charge in [-0.3, -0.25) is 0 Å². The zero-order chi connectivity index (χ0) is 16.5. The number of benzene rings is 1. The van der Waals surface area contributed by atoms with Crippen LogP contribution in [0, 0.1) is 23.0 Å². The van der Waals surface area contributed by atoms with Gasteiger partial charge in [0.2, 0.25) is 10.0 Å². The van der Waals surface area contributed by atoms with Crippen molar-refractivity contribution in [3.63, 3.8) is 0 Å². The molecule has 1 aromatic rings. The smallest absolute Gasteiger partial charge is 0.249 e. The fourth-order valence-corrected chi connectivity index (χ4v) is 4.22. The Kier molecular flexibility index (Phi) is 4.77. The van der Waals surface area contributed by atoms with Crippen LogP contribution >= 0.6 is 0 Å². The third-order valence-electron chi connectivity index (χ3n) is 3.56. The monoisotopic (exact) mass is 332 g/mol. The van der Waals surface area contributed by atoms with Gasteiger partial charge in [-0.05, 0) is 18.6 Å². The normalized spacial score (nSPS) is 22.7. The molecule has 0 spiro atoms. The Morgan fingerprint density at radius 1 is 1.45 bits per heavy atom. The Labute approximate surface area is 126 Å². The molecule has 0 saturated carbocycles. The molecule has 1 aliphatic rings. The van der Waals surface area contributed by atoms with Gasteiger partial charge in [-0.2, -0.15) is 9.57 Å². The highest BCUT2D eigenvalue weighted by atomic mass is 32.2. The predicted octanol–water partition coefficient (Wildman–Crippen LogP) is 0.607. The van der Waals surface area contributed by atoms with Crippen LogP contribution in [0.3, 0.4) is 0 Å². The lowest BCUT2D eigenvalue weighted by atomic mass is 10.2. The number of halogens is 2. The molecule has 0 amide bonds. The number of methoxy groups -OCH3 is 1. The van der Waals surface area contributed by atoms with Crippen LogP contribution in [0.4, 0.5) is 8.78 Å². The van der Waals surface area contributed by atoms with Crippen molar-refractivity contribution in [3.05, 3.63) is 29.3 Å². The molecule has 9 heteroatoms. The molecule has 2 atom stereocenters. The van der Waals surface area contributed by atoms with E-state index in [0.29, 0.717) is 12.1 Å². The van der Waals surface area contributed by atoms with Gasteiger partial charge in [0.1, 0.15) is 11.6 Å². The number of aliphatic hydroxyl groups is 1. The Morgan fingerprint density at radius 2 is 2.05 bits per heavy atom. The van der Waals surface area contributed by atoms with Crippen LogP contribution < -0.4 is 0 Å². The topological polar surface area (TPSA) is 90.6 Å². The number of hydrogen-bond acceptors (Lipinski definition) is 5. The molecule has 1 fully saturated rings. The van der Waals surface area contributed by atoms with E-state index in [9.17, 15) is 22.3 Å². The van der Waals surface area contributed by atoms with E-state index in [4.69, 9.17) is 10.00 Å². The maximum absolute atomic E-state index is 14.0. The fourth-order valence-electron chi connectivity index (χ4n) is 2.46. The van der Waals surface area contributed by atoms with Crippen LogP contribution in [0.15, 0.2) is 17.0 Å². The number of rotatable bonds is 4. The minimum atomic E-state index is -4.50. The van der Waals surface area contributed by atoms with Gasteiger partial charge in [0.15, 0.2) is 4.90 Å². The summed E-state index contributed by atoms with van der Waals surface area (Å²) >= 11 is 0. The van der Waals surface area contributed by atoms with Crippen LogP contribution in [-0.2, 0) is 14.8 Å². The minimum Gasteiger partial charge on any atom is -0.395 e. The minimum absolute atomic E-state index is 0.108. The molecule has 0 bridgehead atoms. The lowest BCUT2D eigenvalue weighted by molar-refractivity contribution is 0.113. The van der Waals surface area contributed by atoms with Crippen LogP contribution in [0.1, 0.15) is 12.0 Å². The predicted molar refractivity (Wildman–Crippen MR) is 71.3 cm³/mol. The molecule has 22 heavy (non-hydrogen) atoms. The average Bonchev–Trinajstić information content (AvgIpc) is 2.90. The Bertz CT molecular complexity index is 694. The van der Waals surface area contributed by atoms with Crippen molar-refractivity contribution in [3.8, 4) is 6.07 Å². The molecule has 1 heterocycles. The lowest BCUT2D eigenvalue weighted by Crippen LogP contribution is -2.38. The molecule has 0 unspecified atom stereocenters. The molecule has 6 nitrogen and oxygen atoms in total. The molecule has 120 valence electrons. The van der Waals surface area contributed by atoms with Gasteiger partial charge in [0, 0.05) is 13.7 Å². The van der Waals surface area contributed by atoms with Gasteiger partial charge in [-0.15, -0.1) is 0 Å². The first-order valence-electron chi connectivity index (χ1n) is 6.39. The lowest BCUT2D eigenvalue weighted by Gasteiger charge is -2.22. The first-order chi connectivity index (χ1) is 10.3. The summed E-state index contributed by atoms with van der Waals surface area (Å²) < 4.78 is 58.8. The number of nitriles is 1. The number of hydrogen-bond donors (Lipinski definition) is 1. The summed E-state index contributed by atoms with van der Waals surface area (Å²) in [7, 11) is -3.11. The van der Waals surface area contributed by atoms with Crippen LogP contribution in [0.5, 0.6) is 0 Å². The Balaban J connectivity index is 2.50. The van der Waals surface area contributed by atoms with Gasteiger partial charge >= 0.3 is 0 Å². The number of sulfonamides is 1. The quantitative estimate of drug-likeness (QED) is 0.872. The Hall–Kier alpha value is -1.60. The summed E-state index contributed by atoms with van der Waals surface area (Å²) in [6, 6.07) is 2.05. The first-order valence-corrected chi connectivity index (χ1v) is 7.83. The van der Waals surface area contributed by atoms with Gasteiger partial charge in [-0.1, -0.05) is 0 Å². The molecular formula is C13H14F2N2O4S. The first kappa shape index (κ1) is 16.8. The van der Waals surface area contributed by atoms with Gasteiger partial charge in [-0.25, -0.2) is 17.2 Å². The SMILES string of the molecule is CO[C@H]1C[C@@H](CO)N(S(=O)(=O)c2c(F)cc(C#N)cc2F)C1. The van der Waals surface area contributed by atoms with Gasteiger partial charge in [0.05, 0.1) is 30.4 Å². The maximum Gasteiger partial charge on any atom is 0.249 e. The summed E-state index contributed by atoms with van der Waals surface area (Å²) in [4.78, 5) is -1.12. The second kappa shape index (κ2) is 6.26. The summed E-state index contributed by atoms with van der Waals surface area (Å²) in [6.07, 6.45) is -0.234. The van der Waals surface area contributed by atoms with Crippen molar-refractivity contribution >= 4 is 10.0 Å². The summed E-state index contributed by atoms with van der Waals surface area (Å²) in [5.41, 5.74) is -0.316. The second-order valence-electron chi connectivity index (χ2n) is 4.89. The van der Waals surface area contributed by atoms with Crippen LogP contribution in [0.2, 0.25) is 0 Å². The van der Waals surface area contributed by atoms with E-state index in [-0.39, 0.29) is 18.5 Å². The fraction of sp³-hybridized carbons (Fsp3) is 0.462. The van der Waals surface area contributed by atoms with Crippen molar-refractivity contribution in [2.75, 3.05) is 20.3 Å². The van der Waals surface area contributed by atoms with Crippen molar-refractivity contribution in [2.24, 2.45) is 0 Å². The third kappa shape index (κ3) is 2.83. The molecule has 1 aliphatic heterocycles. The third-order valence-corrected chi connectivity index (χ3v) is 5.53. The maximum atomic E-state index is 14.0. The molecule has 1 aromatic carbocycles. The zero-order valence-electron chi connectivity index (χ0n) is 11.7. The molecule has 0 aliphatic carbocycles. The standard InChI is InChI=1S/C13H14F2N2O4S/c1-21-10-4-9(7-18)17(6-10)22(19,20)13-11(14)2-8(5-16)3-12(13)15/h2-3,9-10,18H,4,6-7H2,1H3/t9-,10-/m0/s1. The molecule has 2 rings (SSSR count). The number of ether oxygens (including phenoxy) is 1. The second-order valence-corrected chi connectivity index (χ2v) is 6.71. The van der Waals surface area contributed by atoms with E-state index in [0.717, 1.165) is 4.31 Å². The van der Waals surface area contributed by atoms with Crippen molar-refractivity contribution in [1.29, 1.82) is 5.26 Å². The molecule has 1 N–H and O–H groups in total. The molecule has 0 aromatic heterocycles. The Morgan fingerprint density at radius 3 is 2.50 bits per heavy atom. The summed E-state index contributed by atoms with van der Waals surface area (Å²) in [5, 5.41) is 17.9. The molecule has 0 radical (unpaired) electrons. The highest BCUT2D eigenvalue weighted by Gasteiger charge is 2.42. The summed E-state index contributed by atoms with van der Waals surface area (Å²) in [5.74, 6) is -2.68. The van der Waals surface area contributed by atoms with Crippen molar-refractivity contribution in [1.82, 2.24) is 4.31 Å². The van der Waals surface area contributed by atoms with Gasteiger partial charge in [0.25, 0.3) is 0 Å². The van der Waals surface area contributed by atoms with E-state index >= 15 is 0 Å². The van der Waals surface area contributed by atoms with E-state index in [1.54, 1.807) is 6.07 Å². The van der Waals surface area contributed by atoms with Crippen molar-refractivity contribution in [2.45, 2.75) is 23.5 Å². The highest BCUT2D eigenvalue weighted by molar-refractivity contribution is 7.89. The molecule has 1 saturated heterocycles. The van der Waals surface area contributed by atoms with E-state index in [2.05, 4.69) is 0 Å².